The number of hydrogen-bond acceptors (Lipinski definition) is 5. The van der Waals surface area contributed by atoms with Gasteiger partial charge in [0.2, 0.25) is 0 Å². The topological polar surface area (TPSA) is 54.5 Å². The van der Waals surface area contributed by atoms with Crippen molar-refractivity contribution in [3.63, 3.8) is 0 Å². The summed E-state index contributed by atoms with van der Waals surface area (Å²) in [4.78, 5) is 20.3. The van der Waals surface area contributed by atoms with Crippen molar-refractivity contribution in [3.8, 4) is 5.75 Å². The predicted octanol–water partition coefficient (Wildman–Crippen LogP) is 4.09. The molecule has 1 aliphatic heterocycles. The number of hydrogen-bond donors (Lipinski definition) is 1. The number of benzene rings is 1. The fraction of sp³-hybridized carbons (Fsp3) is 0.474. The van der Waals surface area contributed by atoms with Gasteiger partial charge in [-0.15, -0.1) is 11.3 Å². The van der Waals surface area contributed by atoms with E-state index < -0.39 is 0 Å². The second-order valence-electron chi connectivity index (χ2n) is 6.27. The first kappa shape index (κ1) is 17.9. The number of carbonyl (C=O) groups is 1. The third kappa shape index (κ3) is 4.80. The number of aromatic nitrogens is 1. The molecule has 1 aromatic carbocycles. The molecule has 134 valence electrons. The zero-order chi connectivity index (χ0) is 17.6. The molecule has 1 aromatic heterocycles. The van der Waals surface area contributed by atoms with Crippen LogP contribution >= 0.6 is 11.3 Å². The number of ether oxygens (including phenoxy) is 1. The highest BCUT2D eigenvalue weighted by atomic mass is 32.1. The summed E-state index contributed by atoms with van der Waals surface area (Å²) in [7, 11) is 0. The Bertz CT molecular complexity index is 706. The molecule has 0 radical (unpaired) electrons. The fourth-order valence-electron chi connectivity index (χ4n) is 3.03. The van der Waals surface area contributed by atoms with Crippen LogP contribution in [0.2, 0.25) is 0 Å². The van der Waals surface area contributed by atoms with E-state index in [0.29, 0.717) is 11.5 Å². The molecule has 1 amide bonds. The van der Waals surface area contributed by atoms with Gasteiger partial charge in [0.05, 0.1) is 18.8 Å². The van der Waals surface area contributed by atoms with E-state index in [2.05, 4.69) is 15.2 Å². The zero-order valence-corrected chi connectivity index (χ0v) is 15.7. The van der Waals surface area contributed by atoms with Crippen LogP contribution in [0.1, 0.15) is 46.6 Å². The number of rotatable bonds is 6. The lowest BCUT2D eigenvalue weighted by Gasteiger charge is -2.25. The number of nitrogens with one attached hydrogen (secondary N) is 1. The van der Waals surface area contributed by atoms with E-state index in [1.165, 1.54) is 30.6 Å². The molecule has 2 aromatic rings. The maximum absolute atomic E-state index is 12.6. The number of amides is 1. The number of carbonyl (C=O) groups excluding carboxylic acids is 1. The van der Waals surface area contributed by atoms with Crippen LogP contribution in [0.3, 0.4) is 0 Å². The van der Waals surface area contributed by atoms with Gasteiger partial charge in [0, 0.05) is 5.69 Å². The highest BCUT2D eigenvalue weighted by Crippen LogP contribution is 2.23. The summed E-state index contributed by atoms with van der Waals surface area (Å²) in [5.41, 5.74) is 1.57. The van der Waals surface area contributed by atoms with Crippen LogP contribution in [0, 0.1) is 6.92 Å². The first-order valence-electron chi connectivity index (χ1n) is 8.88. The Kier molecular flexibility index (Phi) is 6.04. The Labute approximate surface area is 153 Å². The largest absolute Gasteiger partial charge is 0.494 e. The number of likely N-dealkylation sites (tertiary alicyclic amines) is 1. The highest BCUT2D eigenvalue weighted by Gasteiger charge is 2.18. The molecule has 5 nitrogen and oxygen atoms in total. The molecule has 0 saturated carbocycles. The summed E-state index contributed by atoms with van der Waals surface area (Å²) in [6.45, 7) is 7.60. The van der Waals surface area contributed by atoms with Gasteiger partial charge < -0.3 is 10.1 Å². The quantitative estimate of drug-likeness (QED) is 0.844. The summed E-state index contributed by atoms with van der Waals surface area (Å²) >= 11 is 1.50. The lowest BCUT2D eigenvalue weighted by molar-refractivity contribution is 0.103. The number of nitrogens with zero attached hydrogens (tertiary/aromatic N) is 2. The average molecular weight is 359 g/mol. The minimum atomic E-state index is -0.0935. The van der Waals surface area contributed by atoms with Crippen LogP contribution < -0.4 is 10.1 Å². The van der Waals surface area contributed by atoms with Gasteiger partial charge in [-0.2, -0.15) is 0 Å². The molecule has 25 heavy (non-hydrogen) atoms. The van der Waals surface area contributed by atoms with Gasteiger partial charge in [-0.3, -0.25) is 9.69 Å². The summed E-state index contributed by atoms with van der Waals surface area (Å²) in [5, 5.41) is 3.97. The summed E-state index contributed by atoms with van der Waals surface area (Å²) in [6, 6.07) is 7.43. The van der Waals surface area contributed by atoms with Crippen molar-refractivity contribution in [3.05, 3.63) is 39.8 Å². The summed E-state index contributed by atoms with van der Waals surface area (Å²) < 4.78 is 5.42. The van der Waals surface area contributed by atoms with Crippen molar-refractivity contribution in [2.45, 2.75) is 39.7 Å². The second kappa shape index (κ2) is 8.45. The van der Waals surface area contributed by atoms with E-state index in [-0.39, 0.29) is 5.91 Å². The molecule has 1 N–H and O–H groups in total. The van der Waals surface area contributed by atoms with Crippen molar-refractivity contribution in [1.82, 2.24) is 9.88 Å². The van der Waals surface area contributed by atoms with Crippen LogP contribution in [0.4, 0.5) is 5.69 Å². The van der Waals surface area contributed by atoms with E-state index in [4.69, 9.17) is 4.74 Å². The zero-order valence-electron chi connectivity index (χ0n) is 14.9. The Morgan fingerprint density at radius 1 is 1.24 bits per heavy atom. The van der Waals surface area contributed by atoms with E-state index in [0.717, 1.165) is 41.8 Å². The Morgan fingerprint density at radius 2 is 1.96 bits per heavy atom. The lowest BCUT2D eigenvalue weighted by Crippen LogP contribution is -2.28. The molecule has 2 heterocycles. The normalized spacial score (nSPS) is 15.1. The van der Waals surface area contributed by atoms with Crippen LogP contribution in [-0.4, -0.2) is 35.5 Å². The molecule has 1 fully saturated rings. The van der Waals surface area contributed by atoms with E-state index in [9.17, 15) is 4.79 Å². The van der Waals surface area contributed by atoms with Gasteiger partial charge in [0.25, 0.3) is 5.91 Å². The maximum atomic E-state index is 12.6. The molecule has 3 rings (SSSR count). The van der Waals surface area contributed by atoms with Crippen molar-refractivity contribution in [2.75, 3.05) is 25.0 Å². The number of thiazole rings is 1. The number of anilines is 1. The van der Waals surface area contributed by atoms with Crippen LogP contribution in [0.25, 0.3) is 0 Å². The second-order valence-corrected chi connectivity index (χ2v) is 7.35. The van der Waals surface area contributed by atoms with Gasteiger partial charge in [-0.05, 0) is 64.0 Å². The molecule has 0 bridgehead atoms. The Morgan fingerprint density at radius 3 is 2.64 bits per heavy atom. The van der Waals surface area contributed by atoms with Gasteiger partial charge >= 0.3 is 0 Å². The molecule has 6 heteroatoms. The van der Waals surface area contributed by atoms with Gasteiger partial charge in [-0.25, -0.2) is 4.98 Å². The first-order valence-corrected chi connectivity index (χ1v) is 9.70. The van der Waals surface area contributed by atoms with Crippen molar-refractivity contribution in [2.24, 2.45) is 0 Å². The Hall–Kier alpha value is -1.92. The minimum Gasteiger partial charge on any atom is -0.494 e. The van der Waals surface area contributed by atoms with Crippen LogP contribution in [0.5, 0.6) is 5.75 Å². The first-order chi connectivity index (χ1) is 12.2. The van der Waals surface area contributed by atoms with Crippen molar-refractivity contribution >= 4 is 22.9 Å². The Balaban J connectivity index is 1.63. The predicted molar refractivity (Wildman–Crippen MR) is 102 cm³/mol. The monoisotopic (exact) mass is 359 g/mol. The fourth-order valence-corrected chi connectivity index (χ4v) is 4.03. The lowest BCUT2D eigenvalue weighted by atomic mass is 10.1. The number of aryl methyl sites for hydroxylation is 1. The van der Waals surface area contributed by atoms with Gasteiger partial charge in [0.1, 0.15) is 15.6 Å². The molecule has 1 aliphatic rings. The number of piperidine rings is 1. The molecule has 0 aliphatic carbocycles. The molecule has 0 atom stereocenters. The third-order valence-electron chi connectivity index (χ3n) is 4.28. The van der Waals surface area contributed by atoms with E-state index in [1.54, 1.807) is 0 Å². The third-order valence-corrected chi connectivity index (χ3v) is 5.42. The van der Waals surface area contributed by atoms with Gasteiger partial charge in [0.15, 0.2) is 0 Å². The molecule has 0 unspecified atom stereocenters. The smallest absolute Gasteiger partial charge is 0.267 e. The SMILES string of the molecule is CCOc1ccc(NC(=O)c2sc(CN3CCCCC3)nc2C)cc1. The van der Waals surface area contributed by atoms with E-state index in [1.807, 2.05) is 38.1 Å². The van der Waals surface area contributed by atoms with E-state index >= 15 is 0 Å². The highest BCUT2D eigenvalue weighted by molar-refractivity contribution is 7.13. The minimum absolute atomic E-state index is 0.0935. The standard InChI is InChI=1S/C19H25N3O2S/c1-3-24-16-9-7-15(8-10-16)21-19(23)18-14(2)20-17(25-18)13-22-11-5-4-6-12-22/h7-10H,3-6,11-13H2,1-2H3,(H,21,23). The maximum Gasteiger partial charge on any atom is 0.267 e. The van der Waals surface area contributed by atoms with Crippen molar-refractivity contribution in [1.29, 1.82) is 0 Å². The van der Waals surface area contributed by atoms with Gasteiger partial charge in [-0.1, -0.05) is 6.42 Å². The molecular formula is C19H25N3O2S. The molecule has 0 spiro atoms. The summed E-state index contributed by atoms with van der Waals surface area (Å²) in [5.74, 6) is 0.711. The summed E-state index contributed by atoms with van der Waals surface area (Å²) in [6.07, 6.45) is 3.84. The average Bonchev–Trinajstić information content (AvgIpc) is 2.98. The van der Waals surface area contributed by atoms with Crippen LogP contribution in [-0.2, 0) is 6.54 Å². The molecule has 1 saturated heterocycles. The molecular weight excluding hydrogens is 334 g/mol. The van der Waals surface area contributed by atoms with Crippen molar-refractivity contribution < 1.29 is 9.53 Å². The van der Waals surface area contributed by atoms with Crippen LogP contribution in [0.15, 0.2) is 24.3 Å².